The first kappa shape index (κ1) is 32.6. The molecule has 0 spiro atoms. The second-order valence-electron chi connectivity index (χ2n) is 8.86. The molecule has 0 aliphatic rings. The zero-order valence-electron chi connectivity index (χ0n) is 22.8. The molecule has 6 rings (SSSR count). The van der Waals surface area contributed by atoms with E-state index in [4.69, 9.17) is 45.5 Å². The third kappa shape index (κ3) is 8.21. The average Bonchev–Trinajstić information content (AvgIpc) is 3.75. The summed E-state index contributed by atoms with van der Waals surface area (Å²) in [6.07, 6.45) is 3.40. The predicted octanol–water partition coefficient (Wildman–Crippen LogP) is 7.58. The molecule has 0 atom stereocenters. The molecular weight excluding hydrogens is 668 g/mol. The number of fused-ring (bicyclic) bond motifs is 2. The van der Waals surface area contributed by atoms with Crippen LogP contribution in [0.1, 0.15) is 38.9 Å². The topological polar surface area (TPSA) is 170 Å². The van der Waals surface area contributed by atoms with E-state index in [1.807, 2.05) is 31.2 Å². The molecular formula is C28H26Cl2N6O3S4. The highest BCUT2D eigenvalue weighted by Gasteiger charge is 2.12. The van der Waals surface area contributed by atoms with Crippen molar-refractivity contribution in [1.29, 1.82) is 0 Å². The minimum atomic E-state index is -0.917. The molecule has 0 aliphatic heterocycles. The number of rotatable bonds is 5. The SMILES string of the molecule is Cc1sc(C(=O)NCc2cc3c(N)nccc3s2)cc1Cl.Cc1sc(C(=O)O)cc1Cl.NCc1cc2c(N)nccc2s1. The number of thiophene rings is 4. The molecule has 0 aliphatic carbocycles. The number of carbonyl (C=O) groups excluding carboxylic acids is 1. The van der Waals surface area contributed by atoms with Crippen molar-refractivity contribution in [3.05, 3.63) is 88.1 Å². The maximum absolute atomic E-state index is 12.1. The average molecular weight is 694 g/mol. The lowest BCUT2D eigenvalue weighted by Gasteiger charge is -2.00. The monoisotopic (exact) mass is 692 g/mol. The van der Waals surface area contributed by atoms with Crippen molar-refractivity contribution in [3.8, 4) is 0 Å². The van der Waals surface area contributed by atoms with Crippen molar-refractivity contribution in [2.75, 3.05) is 11.5 Å². The van der Waals surface area contributed by atoms with E-state index in [0.717, 1.165) is 39.7 Å². The number of carboxylic acid groups (broad SMARTS) is 1. The Hall–Kier alpha value is -3.30. The number of carbonyl (C=O) groups is 2. The van der Waals surface area contributed by atoms with E-state index < -0.39 is 5.97 Å². The molecule has 0 aromatic carbocycles. The van der Waals surface area contributed by atoms with Gasteiger partial charge in [0.05, 0.1) is 21.5 Å². The van der Waals surface area contributed by atoms with Crippen LogP contribution >= 0.6 is 68.5 Å². The third-order valence-corrected chi connectivity index (χ3v) is 11.1. The Bertz CT molecular complexity index is 1870. The largest absolute Gasteiger partial charge is 0.477 e. The molecule has 1 amide bonds. The van der Waals surface area contributed by atoms with Crippen molar-refractivity contribution in [3.63, 3.8) is 0 Å². The number of carboxylic acids is 1. The van der Waals surface area contributed by atoms with Gasteiger partial charge in [0.15, 0.2) is 0 Å². The Morgan fingerprint density at radius 2 is 1.30 bits per heavy atom. The summed E-state index contributed by atoms with van der Waals surface area (Å²) in [5.74, 6) is 0.0731. The summed E-state index contributed by atoms with van der Waals surface area (Å²) in [5.41, 5.74) is 17.0. The molecule has 0 unspecified atom stereocenters. The first-order chi connectivity index (χ1) is 20.5. The fourth-order valence-corrected chi connectivity index (χ4v) is 7.76. The van der Waals surface area contributed by atoms with Gasteiger partial charge in [-0.25, -0.2) is 14.8 Å². The highest BCUT2D eigenvalue weighted by molar-refractivity contribution is 7.19. The highest BCUT2D eigenvalue weighted by atomic mass is 35.5. The summed E-state index contributed by atoms with van der Waals surface area (Å²) in [4.78, 5) is 35.3. The van der Waals surface area contributed by atoms with E-state index in [2.05, 4.69) is 15.3 Å². The summed E-state index contributed by atoms with van der Waals surface area (Å²) in [5, 5.41) is 14.5. The number of nitrogens with one attached hydrogen (secondary N) is 1. The molecule has 0 saturated heterocycles. The van der Waals surface area contributed by atoms with Gasteiger partial charge in [-0.05, 0) is 50.2 Å². The second kappa shape index (κ2) is 14.4. The molecule has 15 heteroatoms. The summed E-state index contributed by atoms with van der Waals surface area (Å²) in [7, 11) is 0. The summed E-state index contributed by atoms with van der Waals surface area (Å²) >= 11 is 17.4. The van der Waals surface area contributed by atoms with Gasteiger partial charge in [0.1, 0.15) is 16.5 Å². The van der Waals surface area contributed by atoms with Crippen LogP contribution in [0.15, 0.2) is 48.8 Å². The van der Waals surface area contributed by atoms with E-state index in [9.17, 15) is 9.59 Å². The molecule has 0 bridgehead atoms. The number of anilines is 2. The van der Waals surface area contributed by atoms with Crippen LogP contribution in [0.5, 0.6) is 0 Å². The summed E-state index contributed by atoms with van der Waals surface area (Å²) < 4.78 is 2.23. The number of aryl methyl sites for hydroxylation is 2. The van der Waals surface area contributed by atoms with Crippen molar-refractivity contribution in [2.45, 2.75) is 26.9 Å². The molecule has 43 heavy (non-hydrogen) atoms. The molecule has 0 fully saturated rings. The number of amides is 1. The predicted molar refractivity (Wildman–Crippen MR) is 182 cm³/mol. The van der Waals surface area contributed by atoms with Gasteiger partial charge in [0.2, 0.25) is 0 Å². The lowest BCUT2D eigenvalue weighted by molar-refractivity contribution is 0.0702. The maximum Gasteiger partial charge on any atom is 0.345 e. The number of halogens is 2. The van der Waals surface area contributed by atoms with Gasteiger partial charge < -0.3 is 27.6 Å². The van der Waals surface area contributed by atoms with Gasteiger partial charge >= 0.3 is 5.97 Å². The Kier molecular flexibility index (Phi) is 11.0. The van der Waals surface area contributed by atoms with Gasteiger partial charge in [-0.2, -0.15) is 0 Å². The van der Waals surface area contributed by atoms with Crippen LogP contribution in [0, 0.1) is 13.8 Å². The van der Waals surface area contributed by atoms with Crippen LogP contribution in [0.2, 0.25) is 10.0 Å². The van der Waals surface area contributed by atoms with Crippen LogP contribution in [-0.4, -0.2) is 27.0 Å². The van der Waals surface area contributed by atoms with E-state index in [-0.39, 0.29) is 5.91 Å². The first-order valence-electron chi connectivity index (χ1n) is 12.5. The molecule has 0 saturated carbocycles. The number of nitrogens with zero attached hydrogens (tertiary/aromatic N) is 2. The van der Waals surface area contributed by atoms with Crippen LogP contribution in [-0.2, 0) is 13.1 Å². The number of hydrogen-bond donors (Lipinski definition) is 5. The number of hydrogen-bond acceptors (Lipinski definition) is 11. The lowest BCUT2D eigenvalue weighted by atomic mass is 10.3. The quantitative estimate of drug-likeness (QED) is 0.123. The molecule has 6 aromatic rings. The Morgan fingerprint density at radius 1 is 0.814 bits per heavy atom. The molecule has 9 nitrogen and oxygen atoms in total. The van der Waals surface area contributed by atoms with E-state index in [1.165, 1.54) is 28.7 Å². The van der Waals surface area contributed by atoms with E-state index >= 15 is 0 Å². The van der Waals surface area contributed by atoms with Crippen LogP contribution < -0.4 is 22.5 Å². The van der Waals surface area contributed by atoms with Gasteiger partial charge in [0, 0.05) is 58.6 Å². The highest BCUT2D eigenvalue weighted by Crippen LogP contribution is 2.30. The first-order valence-corrected chi connectivity index (χ1v) is 16.5. The smallest absolute Gasteiger partial charge is 0.345 e. The van der Waals surface area contributed by atoms with Crippen molar-refractivity contribution in [2.24, 2.45) is 5.73 Å². The van der Waals surface area contributed by atoms with Crippen LogP contribution in [0.25, 0.3) is 20.2 Å². The molecule has 224 valence electrons. The minimum Gasteiger partial charge on any atom is -0.477 e. The Balaban J connectivity index is 0.000000163. The summed E-state index contributed by atoms with van der Waals surface area (Å²) in [6.45, 7) is 4.72. The van der Waals surface area contributed by atoms with Gasteiger partial charge in [0.25, 0.3) is 5.91 Å². The fourth-order valence-electron chi connectivity index (χ4n) is 3.65. The zero-order valence-corrected chi connectivity index (χ0v) is 27.6. The van der Waals surface area contributed by atoms with Crippen LogP contribution in [0.3, 0.4) is 0 Å². The van der Waals surface area contributed by atoms with Gasteiger partial charge in [-0.1, -0.05) is 23.2 Å². The standard InChI is InChI=1S/C14H12ClN3OS2.C8H9N3S.C6H5ClO2S/c1-7-10(15)5-12(20-7)14(19)18-6-8-4-9-11(21-8)2-3-17-13(9)16;9-4-5-3-6-7(12-5)1-2-11-8(6)10;1-3-4(7)2-5(10-3)6(8)9/h2-5H,6H2,1H3,(H2,16,17)(H,18,19);1-3H,4,9H2,(H2,10,11);2H,1H3,(H,8,9). The van der Waals surface area contributed by atoms with E-state index in [1.54, 1.807) is 48.1 Å². The second-order valence-corrected chi connectivity index (χ2v) is 14.5. The Labute approximate surface area is 272 Å². The normalized spacial score (nSPS) is 10.6. The van der Waals surface area contributed by atoms with Crippen molar-refractivity contribution >= 4 is 112 Å². The fraction of sp³-hybridized carbons (Fsp3) is 0.143. The molecule has 0 radical (unpaired) electrons. The minimum absolute atomic E-state index is 0.112. The summed E-state index contributed by atoms with van der Waals surface area (Å²) in [6, 6.07) is 11.0. The van der Waals surface area contributed by atoms with Crippen molar-refractivity contribution < 1.29 is 14.7 Å². The number of nitrogens with two attached hydrogens (primary N) is 3. The molecule has 6 aromatic heterocycles. The molecule has 6 heterocycles. The van der Waals surface area contributed by atoms with E-state index in [0.29, 0.717) is 44.5 Å². The van der Waals surface area contributed by atoms with Crippen molar-refractivity contribution in [1.82, 2.24) is 15.3 Å². The van der Waals surface area contributed by atoms with Gasteiger partial charge in [-0.15, -0.1) is 45.3 Å². The number of nitrogen functional groups attached to an aromatic ring is 2. The van der Waals surface area contributed by atoms with Gasteiger partial charge in [-0.3, -0.25) is 4.79 Å². The third-order valence-electron chi connectivity index (χ3n) is 5.83. The lowest BCUT2D eigenvalue weighted by Crippen LogP contribution is -2.21. The number of pyridine rings is 2. The number of aromatic nitrogens is 2. The van der Waals surface area contributed by atoms with Crippen LogP contribution in [0.4, 0.5) is 11.6 Å². The maximum atomic E-state index is 12.1. The Morgan fingerprint density at radius 3 is 1.72 bits per heavy atom. The zero-order chi connectivity index (χ0) is 31.3. The molecule has 8 N–H and O–H groups in total. The number of aromatic carboxylic acids is 1.